The number of nitrogens with zero attached hydrogens (tertiary/aromatic N) is 4. The van der Waals surface area contributed by atoms with Crippen molar-refractivity contribution in [2.45, 2.75) is 52.5 Å². The van der Waals surface area contributed by atoms with Crippen LogP contribution < -0.4 is 10.6 Å². The SMILES string of the molecule is CCNC(=NCC1(C(=O)N(C)C)CCCC1)NCC(C(C)C)N1CCN(C)CC1. The number of guanidine groups is 1. The summed E-state index contributed by atoms with van der Waals surface area (Å²) in [5.41, 5.74) is -0.319. The van der Waals surface area contributed by atoms with E-state index in [0.29, 0.717) is 18.5 Å². The number of rotatable bonds is 8. The summed E-state index contributed by atoms with van der Waals surface area (Å²) in [6.45, 7) is 13.5. The topological polar surface area (TPSA) is 63.2 Å². The van der Waals surface area contributed by atoms with Crippen molar-refractivity contribution in [2.24, 2.45) is 16.3 Å². The lowest BCUT2D eigenvalue weighted by atomic mass is 9.85. The molecule has 2 aliphatic rings. The van der Waals surface area contributed by atoms with Crippen molar-refractivity contribution in [3.63, 3.8) is 0 Å². The van der Waals surface area contributed by atoms with E-state index in [-0.39, 0.29) is 11.3 Å². The Hall–Kier alpha value is -1.34. The number of hydrogen-bond donors (Lipinski definition) is 2. The molecule has 29 heavy (non-hydrogen) atoms. The molecule has 168 valence electrons. The molecule has 2 fully saturated rings. The number of carbonyl (C=O) groups is 1. The molecule has 1 aliphatic heterocycles. The Balaban J connectivity index is 2.02. The van der Waals surface area contributed by atoms with E-state index in [1.807, 2.05) is 14.1 Å². The summed E-state index contributed by atoms with van der Waals surface area (Å²) in [5.74, 6) is 1.64. The number of likely N-dealkylation sites (N-methyl/N-ethyl adjacent to an activating group) is 1. The third kappa shape index (κ3) is 6.57. The summed E-state index contributed by atoms with van der Waals surface area (Å²) in [7, 11) is 5.92. The fourth-order valence-corrected chi connectivity index (χ4v) is 4.68. The predicted molar refractivity (Wildman–Crippen MR) is 121 cm³/mol. The number of hydrogen-bond acceptors (Lipinski definition) is 4. The van der Waals surface area contributed by atoms with Crippen LogP contribution in [0.3, 0.4) is 0 Å². The molecule has 2 rings (SSSR count). The molecule has 1 saturated carbocycles. The molecule has 0 aromatic rings. The van der Waals surface area contributed by atoms with Crippen LogP contribution in [0.4, 0.5) is 0 Å². The normalized spacial score (nSPS) is 22.0. The van der Waals surface area contributed by atoms with Crippen molar-refractivity contribution < 1.29 is 4.79 Å². The predicted octanol–water partition coefficient (Wildman–Crippen LogP) is 1.46. The van der Waals surface area contributed by atoms with Crippen molar-refractivity contribution in [2.75, 3.05) is 67.0 Å². The first kappa shape index (κ1) is 23.9. The fraction of sp³-hybridized carbons (Fsp3) is 0.909. The van der Waals surface area contributed by atoms with Crippen molar-refractivity contribution in [1.29, 1.82) is 0 Å². The number of aliphatic imine (C=N–C) groups is 1. The van der Waals surface area contributed by atoms with Crippen LogP contribution in [0.25, 0.3) is 0 Å². The number of nitrogens with one attached hydrogen (secondary N) is 2. The van der Waals surface area contributed by atoms with E-state index in [1.165, 1.54) is 0 Å². The first-order valence-corrected chi connectivity index (χ1v) is 11.5. The summed E-state index contributed by atoms with van der Waals surface area (Å²) in [5, 5.41) is 6.96. The lowest BCUT2D eigenvalue weighted by Crippen LogP contribution is -2.55. The number of piperazine rings is 1. The van der Waals surface area contributed by atoms with Gasteiger partial charge in [0.15, 0.2) is 5.96 Å². The summed E-state index contributed by atoms with van der Waals surface area (Å²) >= 11 is 0. The lowest BCUT2D eigenvalue weighted by Gasteiger charge is -2.40. The van der Waals surface area contributed by atoms with Gasteiger partial charge in [0.2, 0.25) is 5.91 Å². The van der Waals surface area contributed by atoms with Crippen LogP contribution in [0.1, 0.15) is 46.5 Å². The first-order chi connectivity index (χ1) is 13.8. The molecular formula is C22H44N6O. The Morgan fingerprint density at radius 3 is 2.24 bits per heavy atom. The number of amides is 1. The molecule has 1 saturated heterocycles. The van der Waals surface area contributed by atoms with Gasteiger partial charge in [-0.25, -0.2) is 0 Å². The molecule has 1 aliphatic carbocycles. The highest BCUT2D eigenvalue weighted by molar-refractivity contribution is 5.84. The van der Waals surface area contributed by atoms with Crippen LogP contribution in [0, 0.1) is 11.3 Å². The monoisotopic (exact) mass is 408 g/mol. The largest absolute Gasteiger partial charge is 0.357 e. The van der Waals surface area contributed by atoms with Gasteiger partial charge in [-0.3, -0.25) is 14.7 Å². The van der Waals surface area contributed by atoms with Gasteiger partial charge in [-0.15, -0.1) is 0 Å². The third-order valence-corrected chi connectivity index (χ3v) is 6.56. The van der Waals surface area contributed by atoms with Crippen LogP contribution in [-0.2, 0) is 4.79 Å². The molecular weight excluding hydrogens is 364 g/mol. The lowest BCUT2D eigenvalue weighted by molar-refractivity contribution is -0.138. The van der Waals surface area contributed by atoms with Gasteiger partial charge in [0.25, 0.3) is 0 Å². The first-order valence-electron chi connectivity index (χ1n) is 11.5. The van der Waals surface area contributed by atoms with Crippen LogP contribution in [0.15, 0.2) is 4.99 Å². The van der Waals surface area contributed by atoms with Crippen molar-refractivity contribution >= 4 is 11.9 Å². The van der Waals surface area contributed by atoms with Crippen LogP contribution in [-0.4, -0.2) is 99.6 Å². The zero-order valence-electron chi connectivity index (χ0n) is 19.6. The molecule has 2 N–H and O–H groups in total. The van der Waals surface area contributed by atoms with Crippen molar-refractivity contribution in [3.05, 3.63) is 0 Å². The standard InChI is InChI=1S/C22H44N6O/c1-7-23-21(25-17-22(10-8-9-11-22)20(29)26(4)5)24-16-19(18(2)3)28-14-12-27(6)13-15-28/h18-19H,7-17H2,1-6H3,(H2,23,24,25). The summed E-state index contributed by atoms with van der Waals surface area (Å²) in [6.07, 6.45) is 4.14. The summed E-state index contributed by atoms with van der Waals surface area (Å²) < 4.78 is 0. The average Bonchev–Trinajstić information content (AvgIpc) is 3.16. The Morgan fingerprint density at radius 1 is 1.10 bits per heavy atom. The Kier molecular flexibility index (Phi) is 9.21. The van der Waals surface area contributed by atoms with Crippen molar-refractivity contribution in [1.82, 2.24) is 25.3 Å². The molecule has 7 nitrogen and oxygen atoms in total. The van der Waals surface area contributed by atoms with Crippen molar-refractivity contribution in [3.8, 4) is 0 Å². The Labute approximate surface area is 178 Å². The molecule has 7 heteroatoms. The Bertz CT molecular complexity index is 533. The van der Waals surface area contributed by atoms with Gasteiger partial charge in [-0.2, -0.15) is 0 Å². The van der Waals surface area contributed by atoms with Gasteiger partial charge in [0, 0.05) is 59.4 Å². The maximum atomic E-state index is 12.8. The van der Waals surface area contributed by atoms with E-state index in [1.54, 1.807) is 4.90 Å². The highest BCUT2D eigenvalue weighted by atomic mass is 16.2. The quantitative estimate of drug-likeness (QED) is 0.470. The maximum Gasteiger partial charge on any atom is 0.230 e. The van der Waals surface area contributed by atoms with E-state index >= 15 is 0 Å². The van der Waals surface area contributed by atoms with Gasteiger partial charge in [0.1, 0.15) is 0 Å². The zero-order chi connectivity index (χ0) is 21.4. The molecule has 1 heterocycles. The van der Waals surface area contributed by atoms with Crippen LogP contribution in [0.2, 0.25) is 0 Å². The molecule has 0 spiro atoms. The van der Waals surface area contributed by atoms with Gasteiger partial charge in [-0.05, 0) is 32.7 Å². The minimum atomic E-state index is -0.319. The maximum absolute atomic E-state index is 12.8. The fourth-order valence-electron chi connectivity index (χ4n) is 4.68. The highest BCUT2D eigenvalue weighted by Gasteiger charge is 2.42. The second-order valence-electron chi connectivity index (χ2n) is 9.41. The highest BCUT2D eigenvalue weighted by Crippen LogP contribution is 2.39. The smallest absolute Gasteiger partial charge is 0.230 e. The van der Waals surface area contributed by atoms with E-state index in [0.717, 1.165) is 70.9 Å². The summed E-state index contributed by atoms with van der Waals surface area (Å²) in [4.78, 5) is 24.5. The zero-order valence-corrected chi connectivity index (χ0v) is 19.6. The third-order valence-electron chi connectivity index (χ3n) is 6.56. The molecule has 0 radical (unpaired) electrons. The van der Waals surface area contributed by atoms with Crippen LogP contribution in [0.5, 0.6) is 0 Å². The van der Waals surface area contributed by atoms with E-state index in [2.05, 4.69) is 48.3 Å². The molecule has 0 aromatic heterocycles. The molecule has 1 atom stereocenters. The van der Waals surface area contributed by atoms with Gasteiger partial charge >= 0.3 is 0 Å². The molecule has 0 bridgehead atoms. The van der Waals surface area contributed by atoms with E-state index in [4.69, 9.17) is 4.99 Å². The molecule has 1 unspecified atom stereocenters. The van der Waals surface area contributed by atoms with Gasteiger partial charge < -0.3 is 20.4 Å². The minimum Gasteiger partial charge on any atom is -0.357 e. The van der Waals surface area contributed by atoms with E-state index in [9.17, 15) is 4.79 Å². The minimum absolute atomic E-state index is 0.229. The second-order valence-corrected chi connectivity index (χ2v) is 9.41. The van der Waals surface area contributed by atoms with Gasteiger partial charge in [-0.1, -0.05) is 26.7 Å². The Morgan fingerprint density at radius 2 is 1.72 bits per heavy atom. The molecule has 0 aromatic carbocycles. The van der Waals surface area contributed by atoms with Gasteiger partial charge in [0.05, 0.1) is 12.0 Å². The van der Waals surface area contributed by atoms with E-state index < -0.39 is 0 Å². The average molecular weight is 409 g/mol. The number of carbonyl (C=O) groups excluding carboxylic acids is 1. The summed E-state index contributed by atoms with van der Waals surface area (Å²) in [6, 6.07) is 0.483. The second kappa shape index (κ2) is 11.2. The van der Waals surface area contributed by atoms with Crippen LogP contribution >= 0.6 is 0 Å². The molecule has 1 amide bonds.